The van der Waals surface area contributed by atoms with E-state index in [1.54, 1.807) is 13.8 Å². The van der Waals surface area contributed by atoms with E-state index in [9.17, 15) is 14.2 Å². The van der Waals surface area contributed by atoms with Crippen LogP contribution in [0.1, 0.15) is 20.3 Å². The SMILES string of the molecule is CCOC(=O)N[C@@H](CCP(C)(=O)OC)C(=O)OCC. The maximum atomic E-state index is 11.8. The summed E-state index contributed by atoms with van der Waals surface area (Å²) in [5, 5.41) is 2.39. The average Bonchev–Trinajstić information content (AvgIpc) is 2.35. The van der Waals surface area contributed by atoms with Gasteiger partial charge in [0.2, 0.25) is 0 Å². The predicted octanol–water partition coefficient (Wildman–Crippen LogP) is 1.61. The van der Waals surface area contributed by atoms with Crippen molar-refractivity contribution in [2.75, 3.05) is 33.2 Å². The number of hydrogen-bond donors (Lipinski definition) is 1. The zero-order chi connectivity index (χ0) is 14.9. The molecule has 0 aliphatic carbocycles. The van der Waals surface area contributed by atoms with Crippen molar-refractivity contribution < 1.29 is 28.2 Å². The molecule has 7 nitrogen and oxygen atoms in total. The van der Waals surface area contributed by atoms with Crippen molar-refractivity contribution in [3.05, 3.63) is 0 Å². The van der Waals surface area contributed by atoms with Gasteiger partial charge in [0.25, 0.3) is 0 Å². The second-order valence-corrected chi connectivity index (χ2v) is 6.72. The first-order valence-corrected chi connectivity index (χ1v) is 8.34. The second kappa shape index (κ2) is 8.93. The normalized spacial score (nSPS) is 15.2. The van der Waals surface area contributed by atoms with E-state index < -0.39 is 25.5 Å². The predicted molar refractivity (Wildman–Crippen MR) is 70.6 cm³/mol. The Morgan fingerprint density at radius 1 is 1.21 bits per heavy atom. The molecule has 0 fully saturated rings. The maximum Gasteiger partial charge on any atom is 0.407 e. The lowest BCUT2D eigenvalue weighted by Crippen LogP contribution is -2.42. The molecule has 0 aromatic carbocycles. The lowest BCUT2D eigenvalue weighted by molar-refractivity contribution is -0.145. The van der Waals surface area contributed by atoms with Crippen LogP contribution in [-0.2, 0) is 23.4 Å². The van der Waals surface area contributed by atoms with Gasteiger partial charge >= 0.3 is 12.1 Å². The lowest BCUT2D eigenvalue weighted by atomic mass is 10.2. The Labute approximate surface area is 113 Å². The van der Waals surface area contributed by atoms with Gasteiger partial charge in [-0.2, -0.15) is 0 Å². The molecule has 0 aromatic heterocycles. The molecule has 1 amide bonds. The molecule has 0 aliphatic heterocycles. The summed E-state index contributed by atoms with van der Waals surface area (Å²) in [5.41, 5.74) is 0. The maximum absolute atomic E-state index is 11.8. The van der Waals surface area contributed by atoms with Gasteiger partial charge in [0.1, 0.15) is 6.04 Å². The van der Waals surface area contributed by atoms with Gasteiger partial charge in [-0.05, 0) is 20.3 Å². The summed E-state index contributed by atoms with van der Waals surface area (Å²) in [6.07, 6.45) is -0.373. The molecule has 1 N–H and O–H groups in total. The Hall–Kier alpha value is -1.07. The van der Waals surface area contributed by atoms with E-state index >= 15 is 0 Å². The molecule has 0 heterocycles. The van der Waals surface area contributed by atoms with Crippen molar-refractivity contribution in [3.8, 4) is 0 Å². The van der Waals surface area contributed by atoms with E-state index in [1.807, 2.05) is 0 Å². The fourth-order valence-electron chi connectivity index (χ4n) is 1.26. The van der Waals surface area contributed by atoms with Gasteiger partial charge in [-0.25, -0.2) is 9.59 Å². The zero-order valence-corrected chi connectivity index (χ0v) is 12.7. The van der Waals surface area contributed by atoms with Gasteiger partial charge < -0.3 is 19.3 Å². The van der Waals surface area contributed by atoms with Crippen molar-refractivity contribution in [2.45, 2.75) is 26.3 Å². The Morgan fingerprint density at radius 3 is 2.26 bits per heavy atom. The number of hydrogen-bond acceptors (Lipinski definition) is 6. The summed E-state index contributed by atoms with van der Waals surface area (Å²) < 4.78 is 26.1. The number of carbonyl (C=O) groups is 2. The molecule has 0 aliphatic rings. The number of carbonyl (C=O) groups excluding carboxylic acids is 2. The Morgan fingerprint density at radius 2 is 1.79 bits per heavy atom. The summed E-state index contributed by atoms with van der Waals surface area (Å²) in [5.74, 6) is -0.577. The van der Waals surface area contributed by atoms with Gasteiger partial charge in [-0.15, -0.1) is 0 Å². The molecule has 0 radical (unpaired) electrons. The number of nitrogens with one attached hydrogen (secondary N) is 1. The first-order valence-electron chi connectivity index (χ1n) is 6.08. The van der Waals surface area contributed by atoms with Crippen molar-refractivity contribution in [1.29, 1.82) is 0 Å². The van der Waals surface area contributed by atoms with Crippen LogP contribution in [0.4, 0.5) is 4.79 Å². The summed E-state index contributed by atoms with van der Waals surface area (Å²) in [4.78, 5) is 23.0. The molecule has 8 heteroatoms. The molecule has 2 atom stereocenters. The molecule has 112 valence electrons. The van der Waals surface area contributed by atoms with E-state index in [1.165, 1.54) is 13.8 Å². The lowest BCUT2D eigenvalue weighted by Gasteiger charge is -2.18. The highest BCUT2D eigenvalue weighted by Gasteiger charge is 2.26. The Bertz CT molecular complexity index is 346. The third-order valence-electron chi connectivity index (χ3n) is 2.35. The van der Waals surface area contributed by atoms with Crippen molar-refractivity contribution >= 4 is 19.4 Å². The van der Waals surface area contributed by atoms with Crippen LogP contribution in [0.25, 0.3) is 0 Å². The summed E-state index contributed by atoms with van der Waals surface area (Å²) in [6.45, 7) is 5.20. The van der Waals surface area contributed by atoms with Crippen LogP contribution in [0.3, 0.4) is 0 Å². The van der Waals surface area contributed by atoms with Gasteiger partial charge in [-0.3, -0.25) is 4.57 Å². The third kappa shape index (κ3) is 7.85. The van der Waals surface area contributed by atoms with Crippen molar-refractivity contribution in [1.82, 2.24) is 5.32 Å². The minimum atomic E-state index is -2.74. The quantitative estimate of drug-likeness (QED) is 0.540. The van der Waals surface area contributed by atoms with E-state index in [0.29, 0.717) is 0 Å². The van der Waals surface area contributed by atoms with E-state index in [2.05, 4.69) is 5.32 Å². The highest BCUT2D eigenvalue weighted by atomic mass is 31.2. The molecule has 0 aromatic rings. The smallest absolute Gasteiger partial charge is 0.407 e. The Kier molecular flexibility index (Phi) is 8.43. The first kappa shape index (κ1) is 17.9. The summed E-state index contributed by atoms with van der Waals surface area (Å²) >= 11 is 0. The van der Waals surface area contributed by atoms with E-state index in [4.69, 9.17) is 14.0 Å². The standard InChI is InChI=1S/C11H22NO6P/c1-5-17-10(13)9(12-11(14)18-6-2)7-8-19(4,15)16-3/h9H,5-8H2,1-4H3,(H,12,14)/t9-,19?/m0/s1. The third-order valence-corrected chi connectivity index (χ3v) is 4.19. The van der Waals surface area contributed by atoms with E-state index in [-0.39, 0.29) is 25.8 Å². The molecule has 0 spiro atoms. The molecule has 0 saturated carbocycles. The van der Waals surface area contributed by atoms with E-state index in [0.717, 1.165) is 0 Å². The highest BCUT2D eigenvalue weighted by Crippen LogP contribution is 2.42. The van der Waals surface area contributed by atoms with Gasteiger partial charge in [-0.1, -0.05) is 0 Å². The van der Waals surface area contributed by atoms with Crippen LogP contribution in [-0.4, -0.2) is 51.3 Å². The molecule has 19 heavy (non-hydrogen) atoms. The average molecular weight is 295 g/mol. The van der Waals surface area contributed by atoms with Crippen LogP contribution in [0.5, 0.6) is 0 Å². The fraction of sp³-hybridized carbons (Fsp3) is 0.818. The van der Waals surface area contributed by atoms with Crippen LogP contribution in [0.15, 0.2) is 0 Å². The van der Waals surface area contributed by atoms with Gasteiger partial charge in [0.15, 0.2) is 7.37 Å². The van der Waals surface area contributed by atoms with Crippen LogP contribution in [0.2, 0.25) is 0 Å². The highest BCUT2D eigenvalue weighted by molar-refractivity contribution is 7.58. The minimum absolute atomic E-state index is 0.166. The molecule has 0 bridgehead atoms. The largest absolute Gasteiger partial charge is 0.464 e. The monoisotopic (exact) mass is 295 g/mol. The number of ether oxygens (including phenoxy) is 2. The summed E-state index contributed by atoms with van der Waals surface area (Å²) in [6, 6.07) is -0.887. The molecular weight excluding hydrogens is 273 g/mol. The van der Waals surface area contributed by atoms with Crippen LogP contribution >= 0.6 is 7.37 Å². The first-order chi connectivity index (χ1) is 8.86. The van der Waals surface area contributed by atoms with Gasteiger partial charge in [0, 0.05) is 19.9 Å². The fourth-order valence-corrected chi connectivity index (χ4v) is 2.17. The van der Waals surface area contributed by atoms with Gasteiger partial charge in [0.05, 0.1) is 13.2 Å². The zero-order valence-electron chi connectivity index (χ0n) is 11.8. The molecular formula is C11H22NO6P. The Balaban J connectivity index is 4.54. The number of alkyl carbamates (subject to hydrolysis) is 1. The number of esters is 1. The van der Waals surface area contributed by atoms with Crippen molar-refractivity contribution in [2.24, 2.45) is 0 Å². The van der Waals surface area contributed by atoms with Crippen LogP contribution < -0.4 is 5.32 Å². The molecule has 0 saturated heterocycles. The molecule has 1 unspecified atom stereocenters. The summed E-state index contributed by atoms with van der Waals surface area (Å²) in [7, 11) is -1.40. The minimum Gasteiger partial charge on any atom is -0.464 e. The number of amides is 1. The number of rotatable bonds is 8. The van der Waals surface area contributed by atoms with Crippen LogP contribution in [0, 0.1) is 0 Å². The van der Waals surface area contributed by atoms with Crippen molar-refractivity contribution in [3.63, 3.8) is 0 Å². The molecule has 0 rings (SSSR count). The topological polar surface area (TPSA) is 90.9 Å². The second-order valence-electron chi connectivity index (χ2n) is 3.88.